The summed E-state index contributed by atoms with van der Waals surface area (Å²) in [7, 11) is 0. The number of carbonyl (C=O) groups excluding carboxylic acids is 8. The summed E-state index contributed by atoms with van der Waals surface area (Å²) in [5, 5.41) is 42.5. The number of carboxylic acid groups (broad SMARTS) is 1. The van der Waals surface area contributed by atoms with Gasteiger partial charge in [-0.2, -0.15) is 0 Å². The van der Waals surface area contributed by atoms with E-state index in [1.165, 1.54) is 6.92 Å². The van der Waals surface area contributed by atoms with Crippen molar-refractivity contribution in [1.29, 1.82) is 0 Å². The number of carboxylic acids is 1. The first-order valence-corrected chi connectivity index (χ1v) is 27.7. The lowest BCUT2D eigenvalue weighted by molar-refractivity contribution is -0.143. The highest BCUT2D eigenvalue weighted by atomic mass is 16.4. The van der Waals surface area contributed by atoms with Gasteiger partial charge < -0.3 is 63.5 Å². The molecule has 13 N–H and O–H groups in total. The van der Waals surface area contributed by atoms with Gasteiger partial charge in [-0.05, 0) is 72.3 Å². The summed E-state index contributed by atoms with van der Waals surface area (Å²) in [6, 6.07) is 22.2. The highest BCUT2D eigenvalue weighted by Gasteiger charge is 2.36. The van der Waals surface area contributed by atoms with Crippen LogP contribution >= 0.6 is 0 Å². The van der Waals surface area contributed by atoms with Crippen molar-refractivity contribution in [2.24, 2.45) is 23.5 Å². The van der Waals surface area contributed by atoms with Gasteiger partial charge in [0.25, 0.3) is 0 Å². The molecule has 21 heteroatoms. The molecule has 0 bridgehead atoms. The molecule has 9 atom stereocenters. The molecule has 8 amide bonds. The summed E-state index contributed by atoms with van der Waals surface area (Å²) < 4.78 is 0. The molecule has 0 saturated carbocycles. The van der Waals surface area contributed by atoms with E-state index < -0.39 is 120 Å². The fourth-order valence-corrected chi connectivity index (χ4v) is 9.22. The molecule has 440 valence electrons. The fraction of sp³-hybridized carbons (Fsp3) is 0.426. The molecular weight excluding hydrogens is 1050 g/mol. The molecule has 21 nitrogen and oxygen atoms in total. The van der Waals surface area contributed by atoms with Crippen LogP contribution in [0.25, 0.3) is 10.9 Å². The summed E-state index contributed by atoms with van der Waals surface area (Å²) in [6.45, 7) is 11.1. The zero-order valence-electron chi connectivity index (χ0n) is 47.6. The largest absolute Gasteiger partial charge is 0.480 e. The average Bonchev–Trinajstić information content (AvgIpc) is 3.95. The average molecular weight is 1130 g/mol. The molecule has 5 aromatic rings. The Morgan fingerprint density at radius 2 is 0.817 bits per heavy atom. The van der Waals surface area contributed by atoms with Crippen LogP contribution in [0.3, 0.4) is 0 Å². The third kappa shape index (κ3) is 20.0. The van der Waals surface area contributed by atoms with Crippen molar-refractivity contribution >= 4 is 64.1 Å². The van der Waals surface area contributed by atoms with Crippen LogP contribution < -0.4 is 48.3 Å². The summed E-state index contributed by atoms with van der Waals surface area (Å²) in [4.78, 5) is 128. The lowest BCUT2D eigenvalue weighted by atomic mass is 10.00. The lowest BCUT2D eigenvalue weighted by Crippen LogP contribution is -2.61. The van der Waals surface area contributed by atoms with Crippen LogP contribution in [0.5, 0.6) is 0 Å². The second-order valence-corrected chi connectivity index (χ2v) is 21.8. The van der Waals surface area contributed by atoms with Gasteiger partial charge in [-0.25, -0.2) is 4.79 Å². The van der Waals surface area contributed by atoms with Crippen LogP contribution in [-0.2, 0) is 68.8 Å². The first kappa shape index (κ1) is 64.4. The monoisotopic (exact) mass is 1130 g/mol. The Hall–Kier alpha value is -8.43. The molecule has 0 radical (unpaired) electrons. The van der Waals surface area contributed by atoms with Gasteiger partial charge in [-0.15, -0.1) is 0 Å². The second kappa shape index (κ2) is 31.5. The van der Waals surface area contributed by atoms with Crippen LogP contribution in [-0.4, -0.2) is 129 Å². The smallest absolute Gasteiger partial charge is 0.326 e. The van der Waals surface area contributed by atoms with Crippen molar-refractivity contribution in [3.63, 3.8) is 0 Å². The first-order valence-electron chi connectivity index (χ1n) is 27.7. The van der Waals surface area contributed by atoms with Crippen LogP contribution in [0.15, 0.2) is 121 Å². The molecule has 0 saturated heterocycles. The maximum atomic E-state index is 14.8. The Bertz CT molecular complexity index is 2940. The number of aliphatic hydroxyl groups is 1. The van der Waals surface area contributed by atoms with Gasteiger partial charge in [-0.1, -0.05) is 151 Å². The number of aliphatic hydroxyl groups excluding tert-OH is 1. The normalized spacial score (nSPS) is 14.6. The Balaban J connectivity index is 1.38. The molecule has 82 heavy (non-hydrogen) atoms. The number of fused-ring (bicyclic) bond motifs is 1. The van der Waals surface area contributed by atoms with E-state index in [9.17, 15) is 53.4 Å². The Labute approximate surface area is 478 Å². The number of hydrogen-bond donors (Lipinski definition) is 12. The standard InChI is InChI=1S/C61H80N10O11/c1-35(2)27-46(66-54(74)44(62)29-39-19-11-8-12-20-39)56(76)68-49(31-41-23-15-10-16-24-41)57(77)70-51(34-72)60(80)69-50(32-42-33-63-45-26-18-17-25-43(42)45)58(78)67-48(30-40-21-13-9-14-22-40)55(75)64-38(7)53(73)65-47(28-36(3)4)59(79)71-52(37(5)6)61(81)82/h8-26,33,35-38,44,46-52,63,72H,27-32,34,62H2,1-7H3,(H,64,75)(H,65,73)(H,66,74)(H,67,78)(H,68,76)(H,69,80)(H,70,77)(H,71,79)(H,81,82)/t38-,44-,46-,47-,48-,49-,50-,51-,52-/m0/s1. The lowest BCUT2D eigenvalue weighted by Gasteiger charge is -2.28. The minimum atomic E-state index is -1.69. The van der Waals surface area contributed by atoms with Crippen molar-refractivity contribution in [3.05, 3.63) is 144 Å². The van der Waals surface area contributed by atoms with E-state index in [4.69, 9.17) is 5.73 Å². The molecule has 0 aliphatic heterocycles. The van der Waals surface area contributed by atoms with E-state index in [2.05, 4.69) is 47.5 Å². The van der Waals surface area contributed by atoms with E-state index in [1.807, 2.05) is 76.2 Å². The van der Waals surface area contributed by atoms with E-state index in [0.717, 1.165) is 16.5 Å². The number of H-pyrrole nitrogens is 1. The van der Waals surface area contributed by atoms with Gasteiger partial charge in [0, 0.05) is 36.4 Å². The van der Waals surface area contributed by atoms with E-state index >= 15 is 0 Å². The number of carbonyl (C=O) groups is 9. The molecular formula is C61H80N10O11. The topological polar surface area (TPSA) is 332 Å². The van der Waals surface area contributed by atoms with Gasteiger partial charge in [-0.3, -0.25) is 38.4 Å². The number of amides is 8. The Morgan fingerprint density at radius 1 is 0.439 bits per heavy atom. The molecule has 4 aromatic carbocycles. The molecule has 0 aliphatic rings. The number of nitrogens with one attached hydrogen (secondary N) is 9. The third-order valence-corrected chi connectivity index (χ3v) is 13.7. The van der Waals surface area contributed by atoms with E-state index in [1.54, 1.807) is 86.8 Å². The molecule has 0 spiro atoms. The zero-order valence-corrected chi connectivity index (χ0v) is 47.6. The quantitative estimate of drug-likeness (QED) is 0.0305. The highest BCUT2D eigenvalue weighted by molar-refractivity contribution is 5.98. The summed E-state index contributed by atoms with van der Waals surface area (Å²) in [5.41, 5.74) is 9.69. The molecule has 0 aliphatic carbocycles. The van der Waals surface area contributed by atoms with Gasteiger partial charge in [0.1, 0.15) is 48.3 Å². The predicted molar refractivity (Wildman–Crippen MR) is 310 cm³/mol. The van der Waals surface area contributed by atoms with Crippen molar-refractivity contribution < 1.29 is 53.4 Å². The fourth-order valence-electron chi connectivity index (χ4n) is 9.22. The molecule has 1 aromatic heterocycles. The van der Waals surface area contributed by atoms with Crippen molar-refractivity contribution in [2.75, 3.05) is 6.61 Å². The summed E-state index contributed by atoms with van der Waals surface area (Å²) in [5.74, 6) is -8.14. The second-order valence-electron chi connectivity index (χ2n) is 21.8. The van der Waals surface area contributed by atoms with Gasteiger partial charge >= 0.3 is 5.97 Å². The van der Waals surface area contributed by atoms with Crippen molar-refractivity contribution in [1.82, 2.24) is 47.5 Å². The van der Waals surface area contributed by atoms with E-state index in [-0.39, 0.29) is 50.4 Å². The van der Waals surface area contributed by atoms with Gasteiger partial charge in [0.2, 0.25) is 47.3 Å². The summed E-state index contributed by atoms with van der Waals surface area (Å²) >= 11 is 0. The number of nitrogens with two attached hydrogens (primary N) is 1. The maximum Gasteiger partial charge on any atom is 0.326 e. The van der Waals surface area contributed by atoms with E-state index in [0.29, 0.717) is 16.7 Å². The minimum absolute atomic E-state index is 0.0653. The third-order valence-electron chi connectivity index (χ3n) is 13.7. The molecule has 1 heterocycles. The zero-order chi connectivity index (χ0) is 60.0. The maximum absolute atomic E-state index is 14.8. The molecule has 5 rings (SSSR count). The predicted octanol–water partition coefficient (Wildman–Crippen LogP) is 2.49. The Kier molecular flexibility index (Phi) is 24.8. The SMILES string of the molecule is CC(C)C[C@H](NC(=O)[C@H](C)NC(=O)[C@H](Cc1ccccc1)NC(=O)[C@H](Cc1c[nH]c2ccccc12)NC(=O)[C@H](CO)NC(=O)[C@H](Cc1ccccc1)NC(=O)[C@H](CC(C)C)NC(=O)[C@@H](N)Cc1ccccc1)C(=O)N[C@H](C(=O)O)C(C)C. The molecule has 0 unspecified atom stereocenters. The number of para-hydroxylation sites is 1. The number of aromatic amines is 1. The number of aromatic nitrogens is 1. The van der Waals surface area contributed by atoms with Crippen LogP contribution in [0.1, 0.15) is 83.6 Å². The van der Waals surface area contributed by atoms with Crippen LogP contribution in [0.4, 0.5) is 0 Å². The highest BCUT2D eigenvalue weighted by Crippen LogP contribution is 2.20. The van der Waals surface area contributed by atoms with Crippen LogP contribution in [0.2, 0.25) is 0 Å². The Morgan fingerprint density at radius 3 is 1.28 bits per heavy atom. The van der Waals surface area contributed by atoms with Crippen LogP contribution in [0, 0.1) is 17.8 Å². The number of hydrogen-bond acceptors (Lipinski definition) is 11. The minimum Gasteiger partial charge on any atom is -0.480 e. The number of aliphatic carboxylic acids is 1. The number of benzene rings is 4. The number of rotatable bonds is 31. The first-order chi connectivity index (χ1) is 39.0. The van der Waals surface area contributed by atoms with Crippen molar-refractivity contribution in [3.8, 4) is 0 Å². The van der Waals surface area contributed by atoms with Gasteiger partial charge in [0.05, 0.1) is 12.6 Å². The summed E-state index contributed by atoms with van der Waals surface area (Å²) in [6.07, 6.45) is 1.90. The van der Waals surface area contributed by atoms with Gasteiger partial charge in [0.15, 0.2) is 0 Å². The molecule has 0 fully saturated rings. The van der Waals surface area contributed by atoms with Crippen molar-refractivity contribution in [2.45, 2.75) is 141 Å².